The van der Waals surface area contributed by atoms with Crippen LogP contribution in [0.5, 0.6) is 0 Å². The molecule has 0 radical (unpaired) electrons. The lowest BCUT2D eigenvalue weighted by Crippen LogP contribution is -2.47. The molecule has 1 aromatic rings. The van der Waals surface area contributed by atoms with Gasteiger partial charge in [0, 0.05) is 45.5 Å². The average Bonchev–Trinajstić information content (AvgIpc) is 2.85. The van der Waals surface area contributed by atoms with Crippen LogP contribution in [0.1, 0.15) is 6.42 Å². The van der Waals surface area contributed by atoms with E-state index in [9.17, 15) is 4.79 Å². The molecule has 2 saturated heterocycles. The summed E-state index contributed by atoms with van der Waals surface area (Å²) in [6.07, 6.45) is 0.810. The van der Waals surface area contributed by atoms with E-state index in [0.717, 1.165) is 45.7 Å². The van der Waals surface area contributed by atoms with E-state index in [1.54, 1.807) is 11.9 Å². The lowest BCUT2D eigenvalue weighted by atomic mass is 10.2. The molecule has 114 valence electrons. The van der Waals surface area contributed by atoms with Gasteiger partial charge in [-0.3, -0.25) is 4.90 Å². The summed E-state index contributed by atoms with van der Waals surface area (Å²) in [5.74, 6) is 0. The first-order valence-electron chi connectivity index (χ1n) is 7.66. The zero-order valence-corrected chi connectivity index (χ0v) is 12.6. The van der Waals surface area contributed by atoms with Crippen molar-refractivity contribution in [1.82, 2.24) is 9.80 Å². The van der Waals surface area contributed by atoms with Gasteiger partial charge in [0.2, 0.25) is 0 Å². The van der Waals surface area contributed by atoms with Crippen molar-refractivity contribution >= 4 is 11.8 Å². The summed E-state index contributed by atoms with van der Waals surface area (Å²) in [7, 11) is 1.79. The molecule has 0 saturated carbocycles. The van der Waals surface area contributed by atoms with Crippen LogP contribution >= 0.6 is 0 Å². The van der Waals surface area contributed by atoms with Gasteiger partial charge >= 0.3 is 6.09 Å². The molecule has 0 spiro atoms. The van der Waals surface area contributed by atoms with Gasteiger partial charge in [-0.2, -0.15) is 0 Å². The van der Waals surface area contributed by atoms with E-state index < -0.39 is 0 Å². The molecule has 1 atom stereocenters. The molecule has 0 aliphatic carbocycles. The lowest BCUT2D eigenvalue weighted by Gasteiger charge is -2.36. The van der Waals surface area contributed by atoms with Gasteiger partial charge in [-0.1, -0.05) is 18.2 Å². The number of hydrogen-bond acceptors (Lipinski definition) is 4. The van der Waals surface area contributed by atoms with Gasteiger partial charge < -0.3 is 14.5 Å². The number of likely N-dealkylation sites (N-methyl/N-ethyl adjacent to an activating group) is 1. The minimum absolute atomic E-state index is 0.0645. The molecule has 2 aliphatic heterocycles. The van der Waals surface area contributed by atoms with Gasteiger partial charge in [-0.15, -0.1) is 0 Å². The Hall–Kier alpha value is -1.75. The summed E-state index contributed by atoms with van der Waals surface area (Å²) < 4.78 is 5.30. The van der Waals surface area contributed by atoms with Gasteiger partial charge in [0.1, 0.15) is 6.10 Å². The van der Waals surface area contributed by atoms with E-state index >= 15 is 0 Å². The fourth-order valence-corrected chi connectivity index (χ4v) is 3.00. The number of amides is 1. The smallest absolute Gasteiger partial charge is 0.409 e. The van der Waals surface area contributed by atoms with E-state index in [2.05, 4.69) is 40.1 Å². The van der Waals surface area contributed by atoms with Crippen molar-refractivity contribution in [2.75, 3.05) is 51.2 Å². The van der Waals surface area contributed by atoms with Gasteiger partial charge in [0.15, 0.2) is 0 Å². The van der Waals surface area contributed by atoms with Crippen molar-refractivity contribution in [3.63, 3.8) is 0 Å². The molecule has 21 heavy (non-hydrogen) atoms. The average molecular weight is 289 g/mol. The fraction of sp³-hybridized carbons (Fsp3) is 0.562. The Morgan fingerprint density at radius 3 is 2.48 bits per heavy atom. The number of carbonyl (C=O) groups excluding carboxylic acids is 1. The van der Waals surface area contributed by atoms with Crippen molar-refractivity contribution in [3.8, 4) is 0 Å². The summed E-state index contributed by atoms with van der Waals surface area (Å²) in [5, 5.41) is 0. The topological polar surface area (TPSA) is 36.0 Å². The van der Waals surface area contributed by atoms with Crippen LogP contribution in [0.4, 0.5) is 10.5 Å². The number of piperazine rings is 1. The summed E-state index contributed by atoms with van der Waals surface area (Å²) >= 11 is 0. The Labute approximate surface area is 126 Å². The first-order valence-corrected chi connectivity index (χ1v) is 7.66. The lowest BCUT2D eigenvalue weighted by molar-refractivity contribution is 0.121. The predicted molar refractivity (Wildman–Crippen MR) is 82.6 cm³/mol. The van der Waals surface area contributed by atoms with Crippen LogP contribution in [0, 0.1) is 0 Å². The Balaban J connectivity index is 1.41. The highest BCUT2D eigenvalue weighted by atomic mass is 16.6. The van der Waals surface area contributed by atoms with Crippen molar-refractivity contribution in [2.45, 2.75) is 12.5 Å². The van der Waals surface area contributed by atoms with Crippen molar-refractivity contribution < 1.29 is 9.53 Å². The maximum atomic E-state index is 11.3. The zero-order chi connectivity index (χ0) is 14.7. The quantitative estimate of drug-likeness (QED) is 0.844. The number of benzene rings is 1. The molecule has 2 heterocycles. The van der Waals surface area contributed by atoms with E-state index in [0.29, 0.717) is 0 Å². The molecule has 0 aromatic heterocycles. The zero-order valence-electron chi connectivity index (χ0n) is 12.6. The number of nitrogens with zero attached hydrogens (tertiary/aromatic N) is 3. The van der Waals surface area contributed by atoms with Gasteiger partial charge in [0.25, 0.3) is 0 Å². The van der Waals surface area contributed by atoms with Crippen LogP contribution in [-0.4, -0.2) is 68.3 Å². The molecule has 0 bridgehead atoms. The Kier molecular flexibility index (Phi) is 4.29. The van der Waals surface area contributed by atoms with Crippen LogP contribution in [-0.2, 0) is 4.74 Å². The predicted octanol–water partition coefficient (Wildman–Crippen LogP) is 1.65. The second kappa shape index (κ2) is 6.35. The number of anilines is 1. The molecular formula is C16H23N3O2. The van der Waals surface area contributed by atoms with E-state index in [1.165, 1.54) is 5.69 Å². The monoisotopic (exact) mass is 289 g/mol. The molecule has 2 fully saturated rings. The fourth-order valence-electron chi connectivity index (χ4n) is 3.00. The number of carbonyl (C=O) groups is 1. The molecule has 5 heteroatoms. The molecule has 3 rings (SSSR count). The van der Waals surface area contributed by atoms with Crippen LogP contribution in [0.3, 0.4) is 0 Å². The van der Waals surface area contributed by atoms with Crippen LogP contribution in [0.2, 0.25) is 0 Å². The van der Waals surface area contributed by atoms with Crippen molar-refractivity contribution in [2.24, 2.45) is 0 Å². The van der Waals surface area contributed by atoms with E-state index in [1.807, 2.05) is 0 Å². The van der Waals surface area contributed by atoms with Crippen LogP contribution in [0.15, 0.2) is 30.3 Å². The summed E-state index contributed by atoms with van der Waals surface area (Å²) in [4.78, 5) is 17.9. The summed E-state index contributed by atoms with van der Waals surface area (Å²) in [5.41, 5.74) is 1.31. The Bertz CT molecular complexity index is 472. The highest BCUT2D eigenvalue weighted by Gasteiger charge is 2.28. The molecule has 5 nitrogen and oxygen atoms in total. The van der Waals surface area contributed by atoms with E-state index in [-0.39, 0.29) is 12.2 Å². The van der Waals surface area contributed by atoms with Gasteiger partial charge in [0.05, 0.1) is 6.54 Å². The minimum Gasteiger partial charge on any atom is -0.444 e. The van der Waals surface area contributed by atoms with Gasteiger partial charge in [-0.25, -0.2) is 4.79 Å². The molecule has 1 aromatic carbocycles. The minimum atomic E-state index is -0.186. The van der Waals surface area contributed by atoms with Crippen LogP contribution in [0.25, 0.3) is 0 Å². The van der Waals surface area contributed by atoms with Crippen LogP contribution < -0.4 is 4.90 Å². The summed E-state index contributed by atoms with van der Waals surface area (Å²) in [6, 6.07) is 10.6. The first-order chi connectivity index (χ1) is 10.2. The Morgan fingerprint density at radius 1 is 1.14 bits per heavy atom. The molecule has 1 unspecified atom stereocenters. The Morgan fingerprint density at radius 2 is 1.86 bits per heavy atom. The van der Waals surface area contributed by atoms with Crippen molar-refractivity contribution in [1.29, 1.82) is 0 Å². The third-order valence-corrected chi connectivity index (χ3v) is 4.32. The normalized spacial score (nSPS) is 23.5. The number of cyclic esters (lactones) is 1. The number of rotatable bonds is 4. The second-order valence-electron chi connectivity index (χ2n) is 5.84. The molecule has 0 N–H and O–H groups in total. The molecular weight excluding hydrogens is 266 g/mol. The number of hydrogen-bond donors (Lipinski definition) is 0. The maximum absolute atomic E-state index is 11.3. The van der Waals surface area contributed by atoms with E-state index in [4.69, 9.17) is 4.74 Å². The number of ether oxygens (including phenoxy) is 1. The first kappa shape index (κ1) is 14.2. The summed E-state index contributed by atoms with van der Waals surface area (Å²) in [6.45, 7) is 6.01. The van der Waals surface area contributed by atoms with Gasteiger partial charge in [-0.05, 0) is 18.6 Å². The highest BCUT2D eigenvalue weighted by molar-refractivity contribution is 5.69. The second-order valence-corrected chi connectivity index (χ2v) is 5.84. The third kappa shape index (κ3) is 3.47. The highest BCUT2D eigenvalue weighted by Crippen LogP contribution is 2.17. The number of para-hydroxylation sites is 1. The SMILES string of the molecule is CN1CC(CCN2CCN(c3ccccc3)CC2)OC1=O. The maximum Gasteiger partial charge on any atom is 0.409 e. The largest absolute Gasteiger partial charge is 0.444 e. The molecule has 1 amide bonds. The standard InChI is InChI=1S/C16H23N3O2/c1-17-13-15(21-16(17)20)7-8-18-9-11-19(12-10-18)14-5-3-2-4-6-14/h2-6,15H,7-13H2,1H3. The van der Waals surface area contributed by atoms with Crippen molar-refractivity contribution in [3.05, 3.63) is 30.3 Å². The molecule has 2 aliphatic rings. The third-order valence-electron chi connectivity index (χ3n) is 4.32.